The van der Waals surface area contributed by atoms with Gasteiger partial charge in [0.2, 0.25) is 11.8 Å². The molecule has 17 heavy (non-hydrogen) atoms. The van der Waals surface area contributed by atoms with Crippen LogP contribution in [0.5, 0.6) is 0 Å². The smallest absolute Gasteiger partial charge is 0.249 e. The predicted octanol–water partition coefficient (Wildman–Crippen LogP) is -1.53. The highest BCUT2D eigenvalue weighted by molar-refractivity contribution is 5.83. The van der Waals surface area contributed by atoms with Crippen LogP contribution in [-0.4, -0.2) is 60.0 Å². The fraction of sp³-hybridized carbons (Fsp3) is 0.600. The second kappa shape index (κ2) is 4.40. The number of rotatable bonds is 4. The van der Waals surface area contributed by atoms with Crippen LogP contribution in [-0.2, 0) is 14.3 Å². The Balaban J connectivity index is 1.61. The van der Waals surface area contributed by atoms with E-state index >= 15 is 0 Å². The summed E-state index contributed by atoms with van der Waals surface area (Å²) in [5.41, 5.74) is 0. The van der Waals surface area contributed by atoms with E-state index in [0.29, 0.717) is 13.1 Å². The highest BCUT2D eigenvalue weighted by Crippen LogP contribution is 2.17. The van der Waals surface area contributed by atoms with Crippen molar-refractivity contribution < 1.29 is 14.3 Å². The number of carbonyl (C=O) groups excluding carboxylic acids is 2. The van der Waals surface area contributed by atoms with E-state index in [1.807, 2.05) is 12.1 Å². The molecular formula is C10H10N4O3. The van der Waals surface area contributed by atoms with Gasteiger partial charge in [-0.25, -0.2) is 0 Å². The molecule has 2 aliphatic heterocycles. The van der Waals surface area contributed by atoms with Crippen molar-refractivity contribution in [1.82, 2.24) is 9.80 Å². The molecule has 7 heteroatoms. The van der Waals surface area contributed by atoms with Gasteiger partial charge in [0.25, 0.3) is 0 Å². The summed E-state index contributed by atoms with van der Waals surface area (Å²) in [7, 11) is 0. The molecule has 2 atom stereocenters. The summed E-state index contributed by atoms with van der Waals surface area (Å²) in [6.07, 6.45) is 0. The minimum atomic E-state index is -0.336. The van der Waals surface area contributed by atoms with E-state index in [1.165, 1.54) is 9.80 Å². The Kier molecular flexibility index (Phi) is 2.94. The Morgan fingerprint density at radius 1 is 1.06 bits per heavy atom. The lowest BCUT2D eigenvalue weighted by atomic mass is 10.5. The van der Waals surface area contributed by atoms with Crippen LogP contribution in [0.1, 0.15) is 0 Å². The standard InChI is InChI=1S/C10H10N4O3/c11-1-7-3-13(7)9(15)5-17-6-10(16)14-4-8(14)2-12/h7-8H,3-6H2. The third-order valence-corrected chi connectivity index (χ3v) is 2.61. The van der Waals surface area contributed by atoms with Crippen molar-refractivity contribution in [2.75, 3.05) is 26.3 Å². The molecule has 2 heterocycles. The summed E-state index contributed by atoms with van der Waals surface area (Å²) in [5, 5.41) is 17.0. The lowest BCUT2D eigenvalue weighted by molar-refractivity contribution is -0.136. The third-order valence-electron chi connectivity index (χ3n) is 2.61. The molecule has 0 aromatic carbocycles. The van der Waals surface area contributed by atoms with Gasteiger partial charge in [-0.05, 0) is 0 Å². The van der Waals surface area contributed by atoms with Gasteiger partial charge in [0.15, 0.2) is 0 Å². The van der Waals surface area contributed by atoms with E-state index < -0.39 is 0 Å². The van der Waals surface area contributed by atoms with E-state index in [4.69, 9.17) is 15.3 Å². The molecule has 2 aliphatic rings. The Morgan fingerprint density at radius 2 is 1.47 bits per heavy atom. The molecule has 2 amide bonds. The highest BCUT2D eigenvalue weighted by Gasteiger charge is 2.40. The van der Waals surface area contributed by atoms with Crippen LogP contribution >= 0.6 is 0 Å². The van der Waals surface area contributed by atoms with Crippen molar-refractivity contribution in [1.29, 1.82) is 10.5 Å². The molecule has 0 N–H and O–H groups in total. The number of nitriles is 2. The van der Waals surface area contributed by atoms with Gasteiger partial charge in [0.1, 0.15) is 25.3 Å². The van der Waals surface area contributed by atoms with E-state index in [9.17, 15) is 9.59 Å². The van der Waals surface area contributed by atoms with Crippen LogP contribution in [0.4, 0.5) is 0 Å². The minimum absolute atomic E-state index is 0.199. The first-order valence-electron chi connectivity index (χ1n) is 5.13. The largest absolute Gasteiger partial charge is 0.362 e. The summed E-state index contributed by atoms with van der Waals surface area (Å²) in [6.45, 7) is 0.481. The summed E-state index contributed by atoms with van der Waals surface area (Å²) >= 11 is 0. The van der Waals surface area contributed by atoms with E-state index in [1.54, 1.807) is 0 Å². The molecule has 2 unspecified atom stereocenters. The molecule has 0 radical (unpaired) electrons. The number of ether oxygens (including phenoxy) is 1. The summed E-state index contributed by atoms with van der Waals surface area (Å²) in [6, 6.07) is 3.23. The first-order chi connectivity index (χ1) is 8.17. The van der Waals surface area contributed by atoms with Gasteiger partial charge in [0, 0.05) is 0 Å². The minimum Gasteiger partial charge on any atom is -0.362 e. The van der Waals surface area contributed by atoms with Crippen LogP contribution in [0.3, 0.4) is 0 Å². The normalized spacial score (nSPS) is 24.8. The molecule has 88 valence electrons. The lowest BCUT2D eigenvalue weighted by Crippen LogP contribution is -2.24. The molecule has 2 fully saturated rings. The molecule has 0 aliphatic carbocycles. The fourth-order valence-corrected chi connectivity index (χ4v) is 1.44. The Bertz CT molecular complexity index is 396. The maximum absolute atomic E-state index is 11.3. The number of carbonyl (C=O) groups is 2. The number of hydrogen-bond acceptors (Lipinski definition) is 5. The maximum Gasteiger partial charge on any atom is 0.249 e. The molecule has 0 aromatic rings. The van der Waals surface area contributed by atoms with Crippen LogP contribution < -0.4 is 0 Å². The summed E-state index contributed by atoms with van der Waals surface area (Å²) in [5.74, 6) is -0.570. The van der Waals surface area contributed by atoms with Gasteiger partial charge >= 0.3 is 0 Å². The number of nitrogens with zero attached hydrogens (tertiary/aromatic N) is 4. The molecule has 2 saturated heterocycles. The highest BCUT2D eigenvalue weighted by atomic mass is 16.5. The second-order valence-corrected chi connectivity index (χ2v) is 3.87. The fourth-order valence-electron chi connectivity index (χ4n) is 1.44. The van der Waals surface area contributed by atoms with E-state index in [0.717, 1.165) is 0 Å². The molecule has 0 saturated carbocycles. The van der Waals surface area contributed by atoms with Crippen molar-refractivity contribution in [3.05, 3.63) is 0 Å². The van der Waals surface area contributed by atoms with E-state index in [-0.39, 0.29) is 37.1 Å². The monoisotopic (exact) mass is 234 g/mol. The zero-order chi connectivity index (χ0) is 12.4. The Morgan fingerprint density at radius 3 is 1.76 bits per heavy atom. The molecule has 2 rings (SSSR count). The second-order valence-electron chi connectivity index (χ2n) is 3.87. The topological polar surface area (TPSA) is 97.0 Å². The molecule has 0 aromatic heterocycles. The average molecular weight is 234 g/mol. The zero-order valence-corrected chi connectivity index (χ0v) is 9.00. The predicted molar refractivity (Wildman–Crippen MR) is 53.0 cm³/mol. The van der Waals surface area contributed by atoms with Crippen LogP contribution in [0.25, 0.3) is 0 Å². The Hall–Kier alpha value is -2.12. The number of amides is 2. The van der Waals surface area contributed by atoms with Crippen molar-refractivity contribution in [2.24, 2.45) is 0 Å². The van der Waals surface area contributed by atoms with Crippen molar-refractivity contribution >= 4 is 11.8 Å². The van der Waals surface area contributed by atoms with Gasteiger partial charge in [-0.2, -0.15) is 10.5 Å². The van der Waals surface area contributed by atoms with Crippen LogP contribution in [0, 0.1) is 22.7 Å². The molecular weight excluding hydrogens is 224 g/mol. The quantitative estimate of drug-likeness (QED) is 0.550. The van der Waals surface area contributed by atoms with Gasteiger partial charge in [-0.15, -0.1) is 0 Å². The Labute approximate surface area is 97.8 Å². The van der Waals surface area contributed by atoms with E-state index in [2.05, 4.69) is 0 Å². The average Bonchev–Trinajstić information content (AvgIpc) is 3.20. The van der Waals surface area contributed by atoms with Crippen molar-refractivity contribution in [3.8, 4) is 12.1 Å². The first kappa shape index (κ1) is 11.4. The molecule has 0 bridgehead atoms. The zero-order valence-electron chi connectivity index (χ0n) is 9.00. The molecule has 0 spiro atoms. The van der Waals surface area contributed by atoms with Crippen molar-refractivity contribution in [3.63, 3.8) is 0 Å². The molecule has 7 nitrogen and oxygen atoms in total. The first-order valence-corrected chi connectivity index (χ1v) is 5.13. The van der Waals surface area contributed by atoms with Gasteiger partial charge in [-0.1, -0.05) is 0 Å². The van der Waals surface area contributed by atoms with Crippen LogP contribution in [0.2, 0.25) is 0 Å². The SMILES string of the molecule is N#CC1CN1C(=O)COCC(=O)N1CC1C#N. The lowest BCUT2D eigenvalue weighted by Gasteiger charge is -2.04. The maximum atomic E-state index is 11.3. The van der Waals surface area contributed by atoms with Crippen LogP contribution in [0.15, 0.2) is 0 Å². The summed E-state index contributed by atoms with van der Waals surface area (Å²) < 4.78 is 4.94. The van der Waals surface area contributed by atoms with Gasteiger partial charge in [-0.3, -0.25) is 9.59 Å². The van der Waals surface area contributed by atoms with Crippen molar-refractivity contribution in [2.45, 2.75) is 12.1 Å². The van der Waals surface area contributed by atoms with Gasteiger partial charge < -0.3 is 14.5 Å². The summed E-state index contributed by atoms with van der Waals surface area (Å²) in [4.78, 5) is 25.4. The van der Waals surface area contributed by atoms with Gasteiger partial charge in [0.05, 0.1) is 25.2 Å². The third kappa shape index (κ3) is 2.52. The number of hydrogen-bond donors (Lipinski definition) is 0.